The molecule has 0 unspecified atom stereocenters. The molecule has 0 aliphatic heterocycles. The van der Waals surface area contributed by atoms with E-state index < -0.39 is 41.6 Å². The van der Waals surface area contributed by atoms with Crippen LogP contribution in [-0.4, -0.2) is 19.7 Å². The second kappa shape index (κ2) is 7.64. The van der Waals surface area contributed by atoms with Crippen LogP contribution in [0.5, 0.6) is 0 Å². The van der Waals surface area contributed by atoms with Crippen molar-refractivity contribution in [3.05, 3.63) is 56.3 Å². The van der Waals surface area contributed by atoms with Gasteiger partial charge in [0.25, 0.3) is 0 Å². The average molecular weight is 488 g/mol. The van der Waals surface area contributed by atoms with E-state index in [2.05, 4.69) is 12.4 Å². The molecule has 4 nitrogen and oxygen atoms in total. The van der Waals surface area contributed by atoms with Crippen LogP contribution in [0.3, 0.4) is 0 Å². The first-order valence-electron chi connectivity index (χ1n) is 6.06. The van der Waals surface area contributed by atoms with Crippen LogP contribution in [0.15, 0.2) is 47.8 Å². The molecule has 10 heteroatoms. The molecule has 0 saturated heterocycles. The monoisotopic (exact) mass is 488 g/mol. The second-order valence-electron chi connectivity index (χ2n) is 4.03. The molecule has 0 spiro atoms. The normalized spacial score (nSPS) is 12.2. The van der Waals surface area contributed by atoms with Crippen LogP contribution in [-0.2, 0) is 12.6 Å². The molecule has 0 radical (unpaired) electrons. The SMILES string of the molecule is O=C(C#CI(OS(=O)(=O)C(F)(F)F)c1ccccc1)c1cccs1. The van der Waals surface area contributed by atoms with Crippen molar-refractivity contribution in [1.29, 1.82) is 0 Å². The van der Waals surface area contributed by atoms with Crippen molar-refractivity contribution in [2.24, 2.45) is 0 Å². The number of ketones is 1. The Balaban J connectivity index is 2.34. The predicted molar refractivity (Wildman–Crippen MR) is 91.6 cm³/mol. The summed E-state index contributed by atoms with van der Waals surface area (Å²) in [5.41, 5.74) is -5.54. The number of hydrogen-bond acceptors (Lipinski definition) is 5. The molecule has 2 rings (SSSR count). The zero-order chi connectivity index (χ0) is 17.8. The van der Waals surface area contributed by atoms with E-state index in [4.69, 9.17) is 0 Å². The maximum atomic E-state index is 12.5. The zero-order valence-electron chi connectivity index (χ0n) is 11.6. The topological polar surface area (TPSA) is 60.4 Å². The Hall–Kier alpha value is -1.42. The van der Waals surface area contributed by atoms with Crippen molar-refractivity contribution in [3.8, 4) is 9.85 Å². The Bertz CT molecular complexity index is 866. The minimum absolute atomic E-state index is 0.237. The third kappa shape index (κ3) is 4.79. The number of alkyl halides is 3. The summed E-state index contributed by atoms with van der Waals surface area (Å²) in [5, 5.41) is 1.65. The van der Waals surface area contributed by atoms with Gasteiger partial charge in [-0.1, -0.05) is 0 Å². The van der Waals surface area contributed by atoms with Crippen molar-refractivity contribution in [3.63, 3.8) is 0 Å². The van der Waals surface area contributed by atoms with Gasteiger partial charge in [-0.3, -0.25) is 0 Å². The average Bonchev–Trinajstić information content (AvgIpc) is 3.05. The summed E-state index contributed by atoms with van der Waals surface area (Å²) in [6.07, 6.45) is 0. The molecule has 0 aliphatic rings. The van der Waals surface area contributed by atoms with Crippen LogP contribution in [0, 0.1) is 13.4 Å². The summed E-state index contributed by atoms with van der Waals surface area (Å²) in [5.74, 6) is 1.59. The van der Waals surface area contributed by atoms with Crippen molar-refractivity contribution in [2.45, 2.75) is 5.51 Å². The van der Waals surface area contributed by atoms with Gasteiger partial charge in [0.15, 0.2) is 0 Å². The molecular formula is C14H8F3IO4S2. The molecule has 0 amide bonds. The summed E-state index contributed by atoms with van der Waals surface area (Å²) >= 11 is -2.45. The Morgan fingerprint density at radius 2 is 1.79 bits per heavy atom. The summed E-state index contributed by atoms with van der Waals surface area (Å²) < 4.78 is 67.0. The first kappa shape index (κ1) is 18.9. The fourth-order valence-corrected chi connectivity index (χ4v) is 7.06. The number of rotatable bonds is 4. The van der Waals surface area contributed by atoms with E-state index in [1.165, 1.54) is 30.3 Å². The van der Waals surface area contributed by atoms with Gasteiger partial charge in [-0.25, -0.2) is 0 Å². The molecule has 0 aliphatic carbocycles. The first-order valence-corrected chi connectivity index (χ1v) is 11.4. The van der Waals surface area contributed by atoms with Gasteiger partial charge in [0.1, 0.15) is 0 Å². The molecule has 0 fully saturated rings. The van der Waals surface area contributed by atoms with Crippen LogP contribution in [0.25, 0.3) is 0 Å². The van der Waals surface area contributed by atoms with Crippen LogP contribution < -0.4 is 0 Å². The van der Waals surface area contributed by atoms with E-state index in [0.29, 0.717) is 4.88 Å². The van der Waals surface area contributed by atoms with E-state index in [0.717, 1.165) is 11.3 Å². The fourth-order valence-electron chi connectivity index (χ4n) is 1.31. The van der Waals surface area contributed by atoms with Crippen molar-refractivity contribution < 1.29 is 28.9 Å². The standard InChI is InChI=1S/C14H8F3IO4S2/c15-14(16,17)24(20,21)22-18(11-5-2-1-3-6-11)9-8-12(19)13-7-4-10-23-13/h1-7,10H. The number of hydrogen-bond donors (Lipinski definition) is 0. The molecule has 0 saturated carbocycles. The third-order valence-electron chi connectivity index (χ3n) is 2.35. The third-order valence-corrected chi connectivity index (χ3v) is 9.19. The van der Waals surface area contributed by atoms with E-state index >= 15 is 0 Å². The molecule has 0 N–H and O–H groups in total. The number of carbonyl (C=O) groups excluding carboxylic acids is 1. The van der Waals surface area contributed by atoms with Gasteiger partial charge < -0.3 is 0 Å². The van der Waals surface area contributed by atoms with E-state index in [1.54, 1.807) is 17.5 Å². The van der Waals surface area contributed by atoms with Crippen LogP contribution in [0.2, 0.25) is 0 Å². The van der Waals surface area contributed by atoms with Crippen LogP contribution in [0.4, 0.5) is 13.2 Å². The maximum absolute atomic E-state index is 12.5. The van der Waals surface area contributed by atoms with Gasteiger partial charge in [-0.2, -0.15) is 0 Å². The molecule has 24 heavy (non-hydrogen) atoms. The van der Waals surface area contributed by atoms with Crippen molar-refractivity contribution >= 4 is 47.5 Å². The van der Waals surface area contributed by atoms with E-state index in [1.807, 2.05) is 0 Å². The summed E-state index contributed by atoms with van der Waals surface area (Å²) in [7, 11) is -5.79. The Morgan fingerprint density at radius 3 is 2.33 bits per heavy atom. The predicted octanol–water partition coefficient (Wildman–Crippen LogP) is 4.05. The second-order valence-corrected chi connectivity index (χ2v) is 10.8. The number of halogens is 4. The van der Waals surface area contributed by atoms with Gasteiger partial charge in [0, 0.05) is 0 Å². The zero-order valence-corrected chi connectivity index (χ0v) is 15.4. The quantitative estimate of drug-likeness (QED) is 0.282. The molecule has 1 heterocycles. The molecule has 1 aromatic heterocycles. The van der Waals surface area contributed by atoms with Gasteiger partial charge in [0.05, 0.1) is 0 Å². The number of thiophene rings is 1. The number of benzene rings is 1. The molecule has 2 aromatic rings. The van der Waals surface area contributed by atoms with Crippen LogP contribution in [0.1, 0.15) is 9.67 Å². The number of carbonyl (C=O) groups is 1. The molecule has 0 atom stereocenters. The Labute approximate surface area is 147 Å². The van der Waals surface area contributed by atoms with Gasteiger partial charge in [-0.15, -0.1) is 0 Å². The van der Waals surface area contributed by atoms with Crippen molar-refractivity contribution in [1.82, 2.24) is 0 Å². The molecule has 1 aromatic carbocycles. The summed E-state index contributed by atoms with van der Waals surface area (Å²) in [6, 6.07) is 10.6. The van der Waals surface area contributed by atoms with Crippen molar-refractivity contribution in [2.75, 3.05) is 0 Å². The van der Waals surface area contributed by atoms with Gasteiger partial charge >= 0.3 is 148 Å². The van der Waals surface area contributed by atoms with Gasteiger partial charge in [-0.05, 0) is 0 Å². The Kier molecular flexibility index (Phi) is 6.02. The molecular weight excluding hydrogens is 480 g/mol. The van der Waals surface area contributed by atoms with E-state index in [-0.39, 0.29) is 3.57 Å². The molecule has 0 bridgehead atoms. The minimum atomic E-state index is -5.79. The molecule has 128 valence electrons. The van der Waals surface area contributed by atoms with Crippen LogP contribution >= 0.6 is 31.6 Å². The summed E-state index contributed by atoms with van der Waals surface area (Å²) in [6.45, 7) is 0. The number of Topliss-reactive ketones (excluding diaryl/α,β-unsaturated/α-hetero) is 1. The van der Waals surface area contributed by atoms with E-state index in [9.17, 15) is 26.4 Å². The summed E-state index contributed by atoms with van der Waals surface area (Å²) in [4.78, 5) is 12.1. The first-order chi connectivity index (χ1) is 11.2. The fraction of sp³-hybridized carbons (Fsp3) is 0.0714. The Morgan fingerprint density at radius 1 is 1.12 bits per heavy atom. The van der Waals surface area contributed by atoms with Gasteiger partial charge in [0.2, 0.25) is 0 Å².